The molecule has 0 spiro atoms. The average Bonchev–Trinajstić information content (AvgIpc) is 2.96. The van der Waals surface area contributed by atoms with Crippen LogP contribution in [0.1, 0.15) is 125 Å². The molecule has 4 rings (SSSR count). The largest absolute Gasteiger partial charge is 0.487 e. The maximum atomic E-state index is 14.0. The summed E-state index contributed by atoms with van der Waals surface area (Å²) < 4.78 is 18.7. The first-order valence-corrected chi connectivity index (χ1v) is 17.5. The Morgan fingerprint density at radius 3 is 2.40 bits per heavy atom. The van der Waals surface area contributed by atoms with Gasteiger partial charge in [0.15, 0.2) is 0 Å². The van der Waals surface area contributed by atoms with Gasteiger partial charge in [-0.2, -0.15) is 0 Å². The molecule has 45 heavy (non-hydrogen) atoms. The Morgan fingerprint density at radius 2 is 1.78 bits per heavy atom. The first-order chi connectivity index (χ1) is 21.2. The summed E-state index contributed by atoms with van der Waals surface area (Å²) in [7, 11) is 0. The summed E-state index contributed by atoms with van der Waals surface area (Å²) in [5, 5.41) is 0. The lowest BCUT2D eigenvalue weighted by Gasteiger charge is -2.47. The van der Waals surface area contributed by atoms with E-state index in [4.69, 9.17) is 14.2 Å². The van der Waals surface area contributed by atoms with E-state index in [1.54, 1.807) is 0 Å². The fourth-order valence-electron chi connectivity index (χ4n) is 7.98. The van der Waals surface area contributed by atoms with Crippen LogP contribution in [0.3, 0.4) is 0 Å². The summed E-state index contributed by atoms with van der Waals surface area (Å²) in [6, 6.07) is 5.05. The van der Waals surface area contributed by atoms with E-state index in [2.05, 4.69) is 92.3 Å². The lowest BCUT2D eigenvalue weighted by Crippen LogP contribution is -2.48. The molecule has 0 N–H and O–H groups in total. The van der Waals surface area contributed by atoms with Crippen molar-refractivity contribution in [3.05, 3.63) is 34.9 Å². The third-order valence-corrected chi connectivity index (χ3v) is 10.6. The molecule has 2 unspecified atom stereocenters. The monoisotopic (exact) mass is 624 g/mol. The summed E-state index contributed by atoms with van der Waals surface area (Å²) in [6.07, 6.45) is 6.97. The smallest absolute Gasteiger partial charge is 0.311 e. The number of hydrogen-bond donors (Lipinski definition) is 0. The normalized spacial score (nSPS) is 22.1. The molecular weight excluding hydrogens is 564 g/mol. The summed E-state index contributed by atoms with van der Waals surface area (Å²) in [4.78, 5) is 31.9. The second kappa shape index (κ2) is 14.6. The van der Waals surface area contributed by atoms with Gasteiger partial charge in [0.2, 0.25) is 5.91 Å². The molecule has 7 heteroatoms. The molecule has 252 valence electrons. The van der Waals surface area contributed by atoms with E-state index in [9.17, 15) is 9.59 Å². The fraction of sp³-hybridized carbons (Fsp3) is 0.737. The zero-order valence-electron chi connectivity index (χ0n) is 29.8. The van der Waals surface area contributed by atoms with Crippen molar-refractivity contribution in [3.63, 3.8) is 0 Å². The number of benzene rings is 1. The van der Waals surface area contributed by atoms with Crippen LogP contribution < -0.4 is 9.47 Å². The molecule has 3 atom stereocenters. The second-order valence-corrected chi connectivity index (χ2v) is 15.3. The molecule has 1 aromatic carbocycles. The zero-order chi connectivity index (χ0) is 33.1. The quantitative estimate of drug-likeness (QED) is 0.135. The van der Waals surface area contributed by atoms with E-state index in [0.717, 1.165) is 55.5 Å². The Labute approximate surface area is 273 Å². The van der Waals surface area contributed by atoms with Gasteiger partial charge in [0.05, 0.1) is 13.2 Å². The molecule has 0 bridgehead atoms. The first-order valence-electron chi connectivity index (χ1n) is 17.5. The molecule has 1 aromatic rings. The lowest BCUT2D eigenvalue weighted by molar-refractivity contribution is -0.142. The highest BCUT2D eigenvalue weighted by Crippen LogP contribution is 2.55. The standard InChI is InChI=1S/C38H60N2O5/c1-11-13-31(36(42)39-18-20-43-21-19-39)37(7,8)28-23-32(44-34(41)14-12-17-40(25(2)3)26(4)5)35-29-22-27(6)15-16-30(29)38(9,10)45-33(35)24-28/h15,23-26,29-31H,11-14,16-22H2,1-10H3/t29-,30?,31?/m1/s1. The Morgan fingerprint density at radius 1 is 1.11 bits per heavy atom. The van der Waals surface area contributed by atoms with Crippen molar-refractivity contribution in [2.45, 2.75) is 137 Å². The Bertz CT molecular complexity index is 1220. The van der Waals surface area contributed by atoms with Crippen LogP contribution in [0.15, 0.2) is 23.8 Å². The van der Waals surface area contributed by atoms with Gasteiger partial charge in [-0.05, 0) is 98.4 Å². The molecule has 1 fully saturated rings. The molecule has 0 radical (unpaired) electrons. The maximum absolute atomic E-state index is 14.0. The van der Waals surface area contributed by atoms with Gasteiger partial charge in [0, 0.05) is 60.3 Å². The Balaban J connectivity index is 1.72. The van der Waals surface area contributed by atoms with Crippen molar-refractivity contribution < 1.29 is 23.8 Å². The highest BCUT2D eigenvalue weighted by Gasteiger charge is 2.47. The first kappa shape index (κ1) is 35.5. The SMILES string of the molecule is CCCC(C(=O)N1CCOCC1)C(C)(C)c1cc(OC(=O)CCCN(C(C)C)C(C)C)c2c(c1)OC(C)(C)C1CC=C(C)C[C@@H]21. The van der Waals surface area contributed by atoms with Gasteiger partial charge in [0.25, 0.3) is 0 Å². The predicted molar refractivity (Wildman–Crippen MR) is 181 cm³/mol. The van der Waals surface area contributed by atoms with Gasteiger partial charge in [-0.1, -0.05) is 38.8 Å². The van der Waals surface area contributed by atoms with E-state index in [-0.39, 0.29) is 35.2 Å². The van der Waals surface area contributed by atoms with Gasteiger partial charge >= 0.3 is 5.97 Å². The molecule has 1 amide bonds. The van der Waals surface area contributed by atoms with Crippen LogP contribution in [0.2, 0.25) is 0 Å². The molecular formula is C38H60N2O5. The Hall–Kier alpha value is -2.38. The van der Waals surface area contributed by atoms with Crippen LogP contribution in [-0.4, -0.2) is 72.2 Å². The van der Waals surface area contributed by atoms with E-state index >= 15 is 0 Å². The molecule has 0 aromatic heterocycles. The minimum Gasteiger partial charge on any atom is -0.487 e. The van der Waals surface area contributed by atoms with Crippen LogP contribution in [0, 0.1) is 11.8 Å². The topological polar surface area (TPSA) is 68.3 Å². The number of nitrogens with zero attached hydrogens (tertiary/aromatic N) is 2. The van der Waals surface area contributed by atoms with Crippen LogP contribution in [0.4, 0.5) is 0 Å². The van der Waals surface area contributed by atoms with Gasteiger partial charge in [-0.3, -0.25) is 14.5 Å². The third kappa shape index (κ3) is 7.96. The number of carbonyl (C=O) groups excluding carboxylic acids is 2. The number of carbonyl (C=O) groups is 2. The van der Waals surface area contributed by atoms with Gasteiger partial charge < -0.3 is 19.1 Å². The highest BCUT2D eigenvalue weighted by atomic mass is 16.5. The molecule has 2 aliphatic heterocycles. The predicted octanol–water partition coefficient (Wildman–Crippen LogP) is 7.65. The lowest BCUT2D eigenvalue weighted by atomic mass is 9.66. The minimum absolute atomic E-state index is 0.177. The molecule has 7 nitrogen and oxygen atoms in total. The van der Waals surface area contributed by atoms with E-state index in [1.165, 1.54) is 5.57 Å². The van der Waals surface area contributed by atoms with E-state index < -0.39 is 5.41 Å². The number of esters is 1. The number of morpholine rings is 1. The Kier molecular flexibility index (Phi) is 11.5. The van der Waals surface area contributed by atoms with Gasteiger partial charge in [0.1, 0.15) is 17.1 Å². The third-order valence-electron chi connectivity index (χ3n) is 10.6. The molecule has 3 aliphatic rings. The van der Waals surface area contributed by atoms with E-state index in [0.29, 0.717) is 50.6 Å². The summed E-state index contributed by atoms with van der Waals surface area (Å²) in [5.74, 6) is 1.64. The van der Waals surface area contributed by atoms with Gasteiger partial charge in [-0.15, -0.1) is 0 Å². The fourth-order valence-corrected chi connectivity index (χ4v) is 7.98. The van der Waals surface area contributed by atoms with Crippen molar-refractivity contribution in [3.8, 4) is 11.5 Å². The number of allylic oxidation sites excluding steroid dienone is 2. The molecule has 1 aliphatic carbocycles. The van der Waals surface area contributed by atoms with Crippen LogP contribution in [0.5, 0.6) is 11.5 Å². The zero-order valence-corrected chi connectivity index (χ0v) is 29.8. The van der Waals surface area contributed by atoms with Crippen molar-refractivity contribution in [1.29, 1.82) is 0 Å². The minimum atomic E-state index is -0.511. The van der Waals surface area contributed by atoms with E-state index in [1.807, 2.05) is 4.90 Å². The van der Waals surface area contributed by atoms with Crippen molar-refractivity contribution in [1.82, 2.24) is 9.80 Å². The number of amides is 1. The summed E-state index contributed by atoms with van der Waals surface area (Å²) >= 11 is 0. The van der Waals surface area contributed by atoms with Crippen LogP contribution >= 0.6 is 0 Å². The highest BCUT2D eigenvalue weighted by molar-refractivity contribution is 5.81. The van der Waals surface area contributed by atoms with Crippen LogP contribution in [0.25, 0.3) is 0 Å². The molecule has 0 saturated carbocycles. The number of fused-ring (bicyclic) bond motifs is 3. The van der Waals surface area contributed by atoms with Gasteiger partial charge in [-0.25, -0.2) is 0 Å². The number of ether oxygens (including phenoxy) is 3. The van der Waals surface area contributed by atoms with Crippen molar-refractivity contribution >= 4 is 11.9 Å². The summed E-state index contributed by atoms with van der Waals surface area (Å²) in [6.45, 7) is 25.1. The second-order valence-electron chi connectivity index (χ2n) is 15.3. The molecule has 1 saturated heterocycles. The summed E-state index contributed by atoms with van der Waals surface area (Å²) in [5.41, 5.74) is 2.47. The van der Waals surface area contributed by atoms with Crippen LogP contribution in [-0.2, 0) is 19.7 Å². The number of hydrogen-bond acceptors (Lipinski definition) is 6. The van der Waals surface area contributed by atoms with Crippen molar-refractivity contribution in [2.75, 3.05) is 32.8 Å². The maximum Gasteiger partial charge on any atom is 0.311 e. The van der Waals surface area contributed by atoms with Crippen molar-refractivity contribution in [2.24, 2.45) is 11.8 Å². The average molecular weight is 625 g/mol. The molecule has 2 heterocycles. The number of rotatable bonds is 12.